The standard InChI is InChI=1S/C17H24N2O2/c1-21-16-7-3-2-6-14(16)15(19-10-4-5-11-19)12-18-17(20)13-8-9-13/h2-3,6-7,13,15H,4-5,8-12H2,1H3,(H,18,20)/t15-/m0/s1. The number of benzene rings is 1. The molecule has 1 amide bonds. The van der Waals surface area contributed by atoms with Crippen LogP contribution >= 0.6 is 0 Å². The summed E-state index contributed by atoms with van der Waals surface area (Å²) in [6, 6.07) is 8.37. The average molecular weight is 288 g/mol. The Morgan fingerprint density at radius 2 is 2.05 bits per heavy atom. The van der Waals surface area contributed by atoms with Crippen LogP contribution in [0.25, 0.3) is 0 Å². The van der Waals surface area contributed by atoms with Crippen molar-refractivity contribution < 1.29 is 9.53 Å². The zero-order chi connectivity index (χ0) is 14.7. The summed E-state index contributed by atoms with van der Waals surface area (Å²) >= 11 is 0. The van der Waals surface area contributed by atoms with Crippen molar-refractivity contribution in [1.29, 1.82) is 0 Å². The molecule has 114 valence electrons. The zero-order valence-corrected chi connectivity index (χ0v) is 12.7. The summed E-state index contributed by atoms with van der Waals surface area (Å²) in [4.78, 5) is 14.4. The van der Waals surface area contributed by atoms with Gasteiger partial charge in [0.05, 0.1) is 13.2 Å². The van der Waals surface area contributed by atoms with Crippen LogP contribution in [0.1, 0.15) is 37.3 Å². The summed E-state index contributed by atoms with van der Waals surface area (Å²) in [6.07, 6.45) is 4.58. The molecule has 1 aliphatic carbocycles. The molecule has 3 rings (SSSR count). The molecule has 1 aromatic carbocycles. The molecular weight excluding hydrogens is 264 g/mol. The van der Waals surface area contributed by atoms with E-state index in [1.165, 1.54) is 18.4 Å². The van der Waals surface area contributed by atoms with Crippen LogP contribution in [0.5, 0.6) is 5.75 Å². The van der Waals surface area contributed by atoms with E-state index >= 15 is 0 Å². The van der Waals surface area contributed by atoms with Gasteiger partial charge in [-0.1, -0.05) is 18.2 Å². The second-order valence-electron chi connectivity index (χ2n) is 6.02. The maximum Gasteiger partial charge on any atom is 0.223 e. The smallest absolute Gasteiger partial charge is 0.223 e. The van der Waals surface area contributed by atoms with E-state index in [-0.39, 0.29) is 17.9 Å². The first kappa shape index (κ1) is 14.4. The molecule has 1 saturated heterocycles. The molecule has 1 atom stereocenters. The van der Waals surface area contributed by atoms with Crippen molar-refractivity contribution in [1.82, 2.24) is 10.2 Å². The first-order valence-electron chi connectivity index (χ1n) is 7.94. The van der Waals surface area contributed by atoms with E-state index in [1.54, 1.807) is 7.11 Å². The summed E-state index contributed by atoms with van der Waals surface area (Å²) in [5.41, 5.74) is 1.18. The fourth-order valence-electron chi connectivity index (χ4n) is 3.12. The molecule has 2 aliphatic rings. The predicted octanol–water partition coefficient (Wildman–Crippen LogP) is 2.36. The molecule has 1 aromatic rings. The number of nitrogens with one attached hydrogen (secondary N) is 1. The highest BCUT2D eigenvalue weighted by molar-refractivity contribution is 5.80. The van der Waals surface area contributed by atoms with E-state index in [1.807, 2.05) is 18.2 Å². The van der Waals surface area contributed by atoms with E-state index in [0.717, 1.165) is 31.7 Å². The fourth-order valence-corrected chi connectivity index (χ4v) is 3.12. The van der Waals surface area contributed by atoms with Gasteiger partial charge in [0, 0.05) is 18.0 Å². The average Bonchev–Trinajstić information content (AvgIpc) is 3.24. The van der Waals surface area contributed by atoms with Crippen LogP contribution in [-0.4, -0.2) is 37.6 Å². The predicted molar refractivity (Wildman–Crippen MR) is 82.3 cm³/mol. The molecule has 0 unspecified atom stereocenters. The Morgan fingerprint density at radius 3 is 2.71 bits per heavy atom. The highest BCUT2D eigenvalue weighted by atomic mass is 16.5. The Balaban J connectivity index is 1.75. The molecule has 1 N–H and O–H groups in total. The molecule has 0 spiro atoms. The first-order valence-corrected chi connectivity index (χ1v) is 7.94. The summed E-state index contributed by atoms with van der Waals surface area (Å²) < 4.78 is 5.51. The zero-order valence-electron chi connectivity index (χ0n) is 12.7. The first-order chi connectivity index (χ1) is 10.3. The molecule has 2 fully saturated rings. The molecule has 0 aromatic heterocycles. The van der Waals surface area contributed by atoms with Crippen LogP contribution in [0.3, 0.4) is 0 Å². The van der Waals surface area contributed by atoms with Crippen molar-refractivity contribution in [2.75, 3.05) is 26.7 Å². The molecule has 21 heavy (non-hydrogen) atoms. The maximum atomic E-state index is 11.9. The molecule has 4 heteroatoms. The number of para-hydroxylation sites is 1. The Morgan fingerprint density at radius 1 is 1.33 bits per heavy atom. The third kappa shape index (κ3) is 3.38. The molecular formula is C17H24N2O2. The number of nitrogens with zero attached hydrogens (tertiary/aromatic N) is 1. The number of methoxy groups -OCH3 is 1. The summed E-state index contributed by atoms with van der Waals surface area (Å²) in [5.74, 6) is 1.39. The van der Waals surface area contributed by atoms with Crippen molar-refractivity contribution in [3.05, 3.63) is 29.8 Å². The van der Waals surface area contributed by atoms with Crippen molar-refractivity contribution in [2.45, 2.75) is 31.7 Å². The van der Waals surface area contributed by atoms with Crippen LogP contribution in [0, 0.1) is 5.92 Å². The van der Waals surface area contributed by atoms with Gasteiger partial charge in [-0.25, -0.2) is 0 Å². The lowest BCUT2D eigenvalue weighted by Gasteiger charge is -2.29. The SMILES string of the molecule is COc1ccccc1[C@H](CNC(=O)C1CC1)N1CCCC1. The Labute approximate surface area is 126 Å². The quantitative estimate of drug-likeness (QED) is 0.873. The van der Waals surface area contributed by atoms with Gasteiger partial charge in [0.1, 0.15) is 5.75 Å². The van der Waals surface area contributed by atoms with Gasteiger partial charge in [-0.2, -0.15) is 0 Å². The van der Waals surface area contributed by atoms with Gasteiger partial charge < -0.3 is 10.1 Å². The van der Waals surface area contributed by atoms with E-state index < -0.39 is 0 Å². The minimum atomic E-state index is 0.214. The van der Waals surface area contributed by atoms with E-state index in [0.29, 0.717) is 6.54 Å². The molecule has 1 heterocycles. The molecule has 1 aliphatic heterocycles. The Bertz CT molecular complexity index is 493. The summed E-state index contributed by atoms with van der Waals surface area (Å²) in [7, 11) is 1.71. The highest BCUT2D eigenvalue weighted by Crippen LogP contribution is 2.32. The minimum Gasteiger partial charge on any atom is -0.496 e. The van der Waals surface area contributed by atoms with E-state index in [4.69, 9.17) is 4.74 Å². The van der Waals surface area contributed by atoms with Gasteiger partial charge in [0.2, 0.25) is 5.91 Å². The third-order valence-corrected chi connectivity index (χ3v) is 4.50. The van der Waals surface area contributed by atoms with Crippen molar-refractivity contribution in [3.63, 3.8) is 0 Å². The largest absolute Gasteiger partial charge is 0.496 e. The van der Waals surface area contributed by atoms with Gasteiger partial charge in [-0.15, -0.1) is 0 Å². The van der Waals surface area contributed by atoms with Crippen LogP contribution in [0.15, 0.2) is 24.3 Å². The number of likely N-dealkylation sites (tertiary alicyclic amines) is 1. The van der Waals surface area contributed by atoms with Gasteiger partial charge >= 0.3 is 0 Å². The van der Waals surface area contributed by atoms with Gasteiger partial charge in [0.25, 0.3) is 0 Å². The number of hydrogen-bond donors (Lipinski definition) is 1. The monoisotopic (exact) mass is 288 g/mol. The number of hydrogen-bond acceptors (Lipinski definition) is 3. The van der Waals surface area contributed by atoms with Crippen LogP contribution in [0.2, 0.25) is 0 Å². The normalized spacial score (nSPS) is 20.2. The highest BCUT2D eigenvalue weighted by Gasteiger charge is 2.31. The second-order valence-corrected chi connectivity index (χ2v) is 6.02. The van der Waals surface area contributed by atoms with Crippen molar-refractivity contribution in [3.8, 4) is 5.75 Å². The minimum absolute atomic E-state index is 0.214. The van der Waals surface area contributed by atoms with E-state index in [2.05, 4.69) is 16.3 Å². The molecule has 0 bridgehead atoms. The number of carbonyl (C=O) groups is 1. The Hall–Kier alpha value is -1.55. The lowest BCUT2D eigenvalue weighted by molar-refractivity contribution is -0.122. The van der Waals surface area contributed by atoms with Gasteiger partial charge in [-0.05, 0) is 44.8 Å². The molecule has 1 saturated carbocycles. The van der Waals surface area contributed by atoms with Crippen molar-refractivity contribution >= 4 is 5.91 Å². The molecule has 0 radical (unpaired) electrons. The number of rotatable bonds is 6. The number of ether oxygens (including phenoxy) is 1. The lowest BCUT2D eigenvalue weighted by Crippen LogP contribution is -2.37. The second kappa shape index (κ2) is 6.48. The van der Waals surface area contributed by atoms with Crippen LogP contribution in [0.4, 0.5) is 0 Å². The Kier molecular flexibility index (Phi) is 4.44. The third-order valence-electron chi connectivity index (χ3n) is 4.50. The van der Waals surface area contributed by atoms with Gasteiger partial charge in [0.15, 0.2) is 0 Å². The fraction of sp³-hybridized carbons (Fsp3) is 0.588. The maximum absolute atomic E-state index is 11.9. The summed E-state index contributed by atoms with van der Waals surface area (Å²) in [5, 5.41) is 3.14. The van der Waals surface area contributed by atoms with Crippen molar-refractivity contribution in [2.24, 2.45) is 5.92 Å². The topological polar surface area (TPSA) is 41.6 Å². The number of carbonyl (C=O) groups excluding carboxylic acids is 1. The van der Waals surface area contributed by atoms with Gasteiger partial charge in [-0.3, -0.25) is 9.69 Å². The van der Waals surface area contributed by atoms with Crippen LogP contribution in [-0.2, 0) is 4.79 Å². The summed E-state index contributed by atoms with van der Waals surface area (Å²) in [6.45, 7) is 2.87. The van der Waals surface area contributed by atoms with E-state index in [9.17, 15) is 4.79 Å². The number of amides is 1. The lowest BCUT2D eigenvalue weighted by atomic mass is 10.0. The van der Waals surface area contributed by atoms with Crippen LogP contribution < -0.4 is 10.1 Å². The molecule has 4 nitrogen and oxygen atoms in total.